The molecule has 1 atom stereocenters. The Balaban J connectivity index is 1.76. The fourth-order valence-corrected chi connectivity index (χ4v) is 3.06. The number of nitrogens with two attached hydrogens (primary N) is 1. The molecule has 0 radical (unpaired) electrons. The van der Waals surface area contributed by atoms with Crippen molar-refractivity contribution < 1.29 is 14.3 Å². The van der Waals surface area contributed by atoms with Crippen LogP contribution < -0.4 is 16.0 Å². The van der Waals surface area contributed by atoms with Crippen LogP contribution in [0.4, 0.5) is 16.4 Å². The van der Waals surface area contributed by atoms with Crippen LogP contribution in [-0.2, 0) is 9.53 Å². The number of thioether (sulfide) groups is 1. The van der Waals surface area contributed by atoms with Crippen molar-refractivity contribution in [3.63, 3.8) is 0 Å². The minimum absolute atomic E-state index is 0.0815. The number of nitrogens with one attached hydrogen (secondary N) is 1. The molecule has 21 heavy (non-hydrogen) atoms. The van der Waals surface area contributed by atoms with Crippen LogP contribution in [-0.4, -0.2) is 41.9 Å². The van der Waals surface area contributed by atoms with E-state index in [1.54, 1.807) is 6.07 Å². The molecule has 0 bridgehead atoms. The highest BCUT2D eigenvalue weighted by atomic mass is 32.2. The summed E-state index contributed by atoms with van der Waals surface area (Å²) in [6, 6.07) is 3.64. The van der Waals surface area contributed by atoms with Crippen molar-refractivity contribution >= 4 is 35.4 Å². The maximum absolute atomic E-state index is 11.9. The summed E-state index contributed by atoms with van der Waals surface area (Å²) in [5, 5.41) is 2.72. The van der Waals surface area contributed by atoms with Crippen LogP contribution in [0.2, 0.25) is 0 Å². The summed E-state index contributed by atoms with van der Waals surface area (Å²) in [6.07, 6.45) is 1.01. The van der Waals surface area contributed by atoms with Crippen molar-refractivity contribution in [1.29, 1.82) is 0 Å². The van der Waals surface area contributed by atoms with Gasteiger partial charge in [-0.1, -0.05) is 0 Å². The molecule has 1 saturated heterocycles. The lowest BCUT2D eigenvalue weighted by molar-refractivity contribution is -0.113. The average molecular weight is 308 g/mol. The third-order valence-electron chi connectivity index (χ3n) is 3.34. The zero-order valence-electron chi connectivity index (χ0n) is 11.4. The summed E-state index contributed by atoms with van der Waals surface area (Å²) in [7, 11) is 0. The summed E-state index contributed by atoms with van der Waals surface area (Å²) in [4.78, 5) is 30.1. The summed E-state index contributed by atoms with van der Waals surface area (Å²) in [5.74, 6) is 1.31. The van der Waals surface area contributed by atoms with Gasteiger partial charge in [0.1, 0.15) is 17.7 Å². The van der Waals surface area contributed by atoms with Gasteiger partial charge >= 0.3 is 6.09 Å². The Labute approximate surface area is 126 Å². The van der Waals surface area contributed by atoms with E-state index in [4.69, 9.17) is 10.5 Å². The SMILES string of the molecule is NCCCC1CN(c2ccc3c(n2)NC(=O)CS3)C(=O)O1. The van der Waals surface area contributed by atoms with E-state index in [9.17, 15) is 9.59 Å². The molecule has 3 rings (SSSR count). The number of rotatable bonds is 4. The second-order valence-electron chi connectivity index (χ2n) is 4.90. The molecule has 7 nitrogen and oxygen atoms in total. The normalized spacial score (nSPS) is 21.0. The largest absolute Gasteiger partial charge is 0.444 e. The number of anilines is 2. The topological polar surface area (TPSA) is 97.5 Å². The minimum atomic E-state index is -0.403. The van der Waals surface area contributed by atoms with Gasteiger partial charge in [-0.15, -0.1) is 11.8 Å². The maximum atomic E-state index is 11.9. The Kier molecular flexibility index (Phi) is 3.98. The summed E-state index contributed by atoms with van der Waals surface area (Å²) >= 11 is 1.44. The molecule has 0 spiro atoms. The van der Waals surface area contributed by atoms with Gasteiger partial charge in [-0.3, -0.25) is 9.69 Å². The highest BCUT2D eigenvalue weighted by Crippen LogP contribution is 2.32. The van der Waals surface area contributed by atoms with E-state index in [0.29, 0.717) is 30.5 Å². The average Bonchev–Trinajstić information content (AvgIpc) is 2.85. The smallest absolute Gasteiger partial charge is 0.415 e. The predicted molar refractivity (Wildman–Crippen MR) is 79.5 cm³/mol. The van der Waals surface area contributed by atoms with Gasteiger partial charge in [0.15, 0.2) is 0 Å². The van der Waals surface area contributed by atoms with E-state index < -0.39 is 6.09 Å². The molecule has 8 heteroatoms. The zero-order valence-corrected chi connectivity index (χ0v) is 12.2. The standard InChI is InChI=1S/C13H16N4O3S/c14-5-1-2-8-6-17(13(19)20-8)10-4-3-9-12(15-10)16-11(18)7-21-9/h3-4,8H,1-2,5-7,14H2,(H,15,16,18). The lowest BCUT2D eigenvalue weighted by Gasteiger charge is -2.18. The van der Waals surface area contributed by atoms with Crippen LogP contribution in [0.25, 0.3) is 0 Å². The van der Waals surface area contributed by atoms with Crippen molar-refractivity contribution in [3.05, 3.63) is 12.1 Å². The monoisotopic (exact) mass is 308 g/mol. The van der Waals surface area contributed by atoms with Gasteiger partial charge < -0.3 is 15.8 Å². The lowest BCUT2D eigenvalue weighted by Crippen LogP contribution is -2.27. The van der Waals surface area contributed by atoms with Gasteiger partial charge in [-0.05, 0) is 31.5 Å². The quantitative estimate of drug-likeness (QED) is 0.867. The van der Waals surface area contributed by atoms with Crippen molar-refractivity contribution in [2.24, 2.45) is 5.73 Å². The van der Waals surface area contributed by atoms with Crippen LogP contribution in [0.1, 0.15) is 12.8 Å². The number of ether oxygens (including phenoxy) is 1. The molecule has 3 heterocycles. The van der Waals surface area contributed by atoms with Gasteiger partial charge in [0, 0.05) is 0 Å². The molecule has 1 fully saturated rings. The fraction of sp³-hybridized carbons (Fsp3) is 0.462. The van der Waals surface area contributed by atoms with E-state index in [0.717, 1.165) is 17.7 Å². The number of carbonyl (C=O) groups is 2. The van der Waals surface area contributed by atoms with E-state index in [1.165, 1.54) is 16.7 Å². The molecule has 1 aromatic heterocycles. The lowest BCUT2D eigenvalue weighted by atomic mass is 10.2. The molecule has 1 aromatic rings. The first kappa shape index (κ1) is 14.2. The summed E-state index contributed by atoms with van der Waals surface area (Å²) in [6.45, 7) is 1.04. The second kappa shape index (κ2) is 5.90. The number of fused-ring (bicyclic) bond motifs is 1. The Bertz CT molecular complexity index is 581. The molecular formula is C13H16N4O3S. The Morgan fingerprint density at radius 2 is 2.33 bits per heavy atom. The Morgan fingerprint density at radius 3 is 3.14 bits per heavy atom. The summed E-state index contributed by atoms with van der Waals surface area (Å²) in [5.41, 5.74) is 5.47. The highest BCUT2D eigenvalue weighted by molar-refractivity contribution is 8.00. The molecule has 0 aromatic carbocycles. The number of nitrogens with zero attached hydrogens (tertiary/aromatic N) is 2. The number of amides is 2. The van der Waals surface area contributed by atoms with Crippen molar-refractivity contribution in [1.82, 2.24) is 4.98 Å². The van der Waals surface area contributed by atoms with Gasteiger partial charge in [0.25, 0.3) is 0 Å². The van der Waals surface area contributed by atoms with E-state index >= 15 is 0 Å². The maximum Gasteiger partial charge on any atom is 0.415 e. The Hall–Kier alpha value is -1.80. The second-order valence-corrected chi connectivity index (χ2v) is 5.92. The van der Waals surface area contributed by atoms with Crippen molar-refractivity contribution in [2.75, 3.05) is 29.1 Å². The third kappa shape index (κ3) is 2.96. The third-order valence-corrected chi connectivity index (χ3v) is 4.39. The first-order valence-corrected chi connectivity index (χ1v) is 7.78. The molecule has 2 aliphatic rings. The molecule has 2 aliphatic heterocycles. The zero-order chi connectivity index (χ0) is 14.8. The van der Waals surface area contributed by atoms with E-state index in [2.05, 4.69) is 10.3 Å². The van der Waals surface area contributed by atoms with Crippen molar-refractivity contribution in [3.8, 4) is 0 Å². The van der Waals surface area contributed by atoms with Gasteiger partial charge in [-0.2, -0.15) is 0 Å². The van der Waals surface area contributed by atoms with E-state index in [-0.39, 0.29) is 12.0 Å². The first-order valence-electron chi connectivity index (χ1n) is 6.79. The van der Waals surface area contributed by atoms with Gasteiger partial charge in [-0.25, -0.2) is 9.78 Å². The highest BCUT2D eigenvalue weighted by Gasteiger charge is 2.33. The van der Waals surface area contributed by atoms with Crippen LogP contribution >= 0.6 is 11.8 Å². The molecule has 1 unspecified atom stereocenters. The van der Waals surface area contributed by atoms with Crippen molar-refractivity contribution in [2.45, 2.75) is 23.8 Å². The van der Waals surface area contributed by atoms with Gasteiger partial charge in [0.05, 0.1) is 17.2 Å². The number of hydrogen-bond acceptors (Lipinski definition) is 6. The fourth-order valence-electron chi connectivity index (χ4n) is 2.31. The molecule has 2 amide bonds. The molecule has 0 aliphatic carbocycles. The van der Waals surface area contributed by atoms with Crippen LogP contribution in [0.5, 0.6) is 0 Å². The van der Waals surface area contributed by atoms with Crippen LogP contribution in [0, 0.1) is 0 Å². The Morgan fingerprint density at radius 1 is 1.48 bits per heavy atom. The number of cyclic esters (lactones) is 1. The number of aromatic nitrogens is 1. The number of pyridine rings is 1. The molecule has 0 saturated carbocycles. The predicted octanol–water partition coefficient (Wildman–Crippen LogP) is 1.19. The van der Waals surface area contributed by atoms with Crippen LogP contribution in [0.3, 0.4) is 0 Å². The minimum Gasteiger partial charge on any atom is -0.444 e. The van der Waals surface area contributed by atoms with Gasteiger partial charge in [0.2, 0.25) is 5.91 Å². The molecular weight excluding hydrogens is 292 g/mol. The molecule has 112 valence electrons. The van der Waals surface area contributed by atoms with Crippen LogP contribution in [0.15, 0.2) is 17.0 Å². The van der Waals surface area contributed by atoms with E-state index in [1.807, 2.05) is 6.07 Å². The number of carbonyl (C=O) groups excluding carboxylic acids is 2. The summed E-state index contributed by atoms with van der Waals surface area (Å²) < 4.78 is 5.29. The number of hydrogen-bond donors (Lipinski definition) is 2. The first-order chi connectivity index (χ1) is 10.2. The molecule has 3 N–H and O–H groups in total.